The first-order valence-corrected chi connectivity index (χ1v) is 7.19. The van der Waals surface area contributed by atoms with Gasteiger partial charge in [0.05, 0.1) is 13.5 Å². The normalized spacial score (nSPS) is 10.7. The van der Waals surface area contributed by atoms with Crippen LogP contribution in [0.4, 0.5) is 5.95 Å². The van der Waals surface area contributed by atoms with Crippen LogP contribution in [-0.4, -0.2) is 32.6 Å². The zero-order valence-electron chi connectivity index (χ0n) is 13.2. The molecule has 0 spiro atoms. The monoisotopic (exact) mass is 311 g/mol. The van der Waals surface area contributed by atoms with Crippen LogP contribution < -0.4 is 10.1 Å². The number of nitrogens with zero attached hydrogens (tertiary/aromatic N) is 4. The van der Waals surface area contributed by atoms with Crippen molar-refractivity contribution in [2.45, 2.75) is 20.3 Å². The van der Waals surface area contributed by atoms with E-state index in [1.54, 1.807) is 11.6 Å². The minimum Gasteiger partial charge on any atom is -0.497 e. The number of rotatable bonds is 4. The molecule has 3 rings (SSSR count). The van der Waals surface area contributed by atoms with E-state index in [-0.39, 0.29) is 18.3 Å². The van der Waals surface area contributed by atoms with Gasteiger partial charge in [-0.3, -0.25) is 10.1 Å². The molecule has 118 valence electrons. The van der Waals surface area contributed by atoms with Gasteiger partial charge in [0, 0.05) is 11.4 Å². The lowest BCUT2D eigenvalue weighted by Gasteiger charge is -2.03. The molecule has 0 atom stereocenters. The second kappa shape index (κ2) is 6.04. The summed E-state index contributed by atoms with van der Waals surface area (Å²) in [6.07, 6.45) is 0.241. The van der Waals surface area contributed by atoms with E-state index >= 15 is 0 Å². The maximum absolute atomic E-state index is 12.1. The van der Waals surface area contributed by atoms with Gasteiger partial charge < -0.3 is 4.74 Å². The van der Waals surface area contributed by atoms with E-state index in [4.69, 9.17) is 4.74 Å². The smallest absolute Gasteiger partial charge is 0.254 e. The van der Waals surface area contributed by atoms with Crippen LogP contribution in [-0.2, 0) is 11.2 Å². The summed E-state index contributed by atoms with van der Waals surface area (Å²) in [5.74, 6) is 1.31. The van der Waals surface area contributed by atoms with Gasteiger partial charge >= 0.3 is 0 Å². The zero-order chi connectivity index (χ0) is 16.4. The van der Waals surface area contributed by atoms with E-state index in [0.717, 1.165) is 22.7 Å². The number of carbonyl (C=O) groups excluding carboxylic acids is 1. The molecule has 7 heteroatoms. The fraction of sp³-hybridized carbons (Fsp3) is 0.250. The first-order valence-electron chi connectivity index (χ1n) is 7.19. The van der Waals surface area contributed by atoms with Crippen molar-refractivity contribution in [2.24, 2.45) is 0 Å². The third-order valence-electron chi connectivity index (χ3n) is 3.39. The van der Waals surface area contributed by atoms with Crippen molar-refractivity contribution in [3.63, 3.8) is 0 Å². The summed E-state index contributed by atoms with van der Waals surface area (Å²) in [6, 6.07) is 9.25. The maximum atomic E-state index is 12.1. The number of ether oxygens (including phenoxy) is 1. The Hall–Kier alpha value is -2.96. The molecular formula is C16H17N5O2. The van der Waals surface area contributed by atoms with Crippen molar-refractivity contribution in [1.82, 2.24) is 19.6 Å². The molecule has 1 amide bonds. The van der Waals surface area contributed by atoms with E-state index in [1.807, 2.05) is 44.2 Å². The van der Waals surface area contributed by atoms with Gasteiger partial charge in [-0.15, -0.1) is 5.10 Å². The lowest BCUT2D eigenvalue weighted by atomic mass is 10.1. The number of carbonyl (C=O) groups is 1. The van der Waals surface area contributed by atoms with Crippen LogP contribution in [0.25, 0.3) is 5.78 Å². The molecule has 0 aliphatic rings. The summed E-state index contributed by atoms with van der Waals surface area (Å²) >= 11 is 0. The van der Waals surface area contributed by atoms with Gasteiger partial charge in [0.2, 0.25) is 5.91 Å². The van der Waals surface area contributed by atoms with E-state index in [0.29, 0.717) is 5.78 Å². The molecule has 0 fully saturated rings. The Morgan fingerprint density at radius 1 is 1.22 bits per heavy atom. The highest BCUT2D eigenvalue weighted by atomic mass is 16.5. The van der Waals surface area contributed by atoms with Crippen molar-refractivity contribution >= 4 is 17.6 Å². The van der Waals surface area contributed by atoms with Gasteiger partial charge in [-0.1, -0.05) is 12.1 Å². The maximum Gasteiger partial charge on any atom is 0.254 e. The Labute approximate surface area is 133 Å². The van der Waals surface area contributed by atoms with Gasteiger partial charge in [0.15, 0.2) is 0 Å². The van der Waals surface area contributed by atoms with Crippen LogP contribution in [0.3, 0.4) is 0 Å². The van der Waals surface area contributed by atoms with Crippen LogP contribution in [0, 0.1) is 13.8 Å². The third kappa shape index (κ3) is 3.28. The number of fused-ring (bicyclic) bond motifs is 1. The zero-order valence-corrected chi connectivity index (χ0v) is 13.2. The van der Waals surface area contributed by atoms with Gasteiger partial charge in [0.25, 0.3) is 11.7 Å². The second-order valence-corrected chi connectivity index (χ2v) is 5.26. The molecule has 0 aliphatic carbocycles. The number of methoxy groups -OCH3 is 1. The lowest BCUT2D eigenvalue weighted by Crippen LogP contribution is -2.15. The molecule has 2 aromatic heterocycles. The molecular weight excluding hydrogens is 294 g/mol. The molecule has 1 aromatic carbocycles. The first kappa shape index (κ1) is 15.0. The number of nitrogens with one attached hydrogen (secondary N) is 1. The van der Waals surface area contributed by atoms with Crippen LogP contribution in [0.2, 0.25) is 0 Å². The Morgan fingerprint density at radius 2 is 1.96 bits per heavy atom. The average Bonchev–Trinajstić information content (AvgIpc) is 2.90. The minimum absolute atomic E-state index is 0.180. The molecule has 0 unspecified atom stereocenters. The summed E-state index contributed by atoms with van der Waals surface area (Å²) in [4.78, 5) is 20.6. The van der Waals surface area contributed by atoms with Crippen LogP contribution in [0.1, 0.15) is 17.0 Å². The van der Waals surface area contributed by atoms with Crippen molar-refractivity contribution in [3.8, 4) is 5.75 Å². The fourth-order valence-electron chi connectivity index (χ4n) is 2.32. The van der Waals surface area contributed by atoms with Gasteiger partial charge in [-0.2, -0.15) is 9.50 Å². The largest absolute Gasteiger partial charge is 0.497 e. The minimum atomic E-state index is -0.180. The van der Waals surface area contributed by atoms with Crippen LogP contribution >= 0.6 is 0 Å². The Balaban J connectivity index is 1.73. The van der Waals surface area contributed by atoms with Crippen molar-refractivity contribution in [2.75, 3.05) is 12.4 Å². The molecule has 3 aromatic rings. The number of amides is 1. The number of benzene rings is 1. The number of hydrogen-bond donors (Lipinski definition) is 1. The molecule has 0 aliphatic heterocycles. The predicted molar refractivity (Wildman–Crippen MR) is 85.6 cm³/mol. The summed E-state index contributed by atoms with van der Waals surface area (Å²) in [7, 11) is 1.61. The van der Waals surface area contributed by atoms with Crippen LogP contribution in [0.15, 0.2) is 30.3 Å². The summed E-state index contributed by atoms with van der Waals surface area (Å²) in [5.41, 5.74) is 2.66. The van der Waals surface area contributed by atoms with Crippen LogP contribution in [0.5, 0.6) is 5.75 Å². The first-order chi connectivity index (χ1) is 11.0. The summed E-state index contributed by atoms with van der Waals surface area (Å²) in [6.45, 7) is 3.81. The molecule has 0 bridgehead atoms. The molecule has 0 saturated heterocycles. The molecule has 23 heavy (non-hydrogen) atoms. The summed E-state index contributed by atoms with van der Waals surface area (Å²) in [5, 5.41) is 6.96. The number of aryl methyl sites for hydroxylation is 2. The van der Waals surface area contributed by atoms with Gasteiger partial charge in [-0.05, 0) is 37.6 Å². The Bertz CT molecular complexity index is 855. The molecule has 0 saturated carbocycles. The summed E-state index contributed by atoms with van der Waals surface area (Å²) < 4.78 is 6.70. The molecule has 0 radical (unpaired) electrons. The molecule has 1 N–H and O–H groups in total. The SMILES string of the molecule is COc1ccc(CC(=O)Nc2nc3nc(C)cc(C)n3n2)cc1. The number of aromatic nitrogens is 4. The third-order valence-corrected chi connectivity index (χ3v) is 3.39. The molecule has 7 nitrogen and oxygen atoms in total. The quantitative estimate of drug-likeness (QED) is 0.796. The van der Waals surface area contributed by atoms with Crippen molar-refractivity contribution < 1.29 is 9.53 Å². The topological polar surface area (TPSA) is 81.4 Å². The highest BCUT2D eigenvalue weighted by Crippen LogP contribution is 2.13. The number of hydrogen-bond acceptors (Lipinski definition) is 5. The van der Waals surface area contributed by atoms with E-state index in [2.05, 4.69) is 20.4 Å². The van der Waals surface area contributed by atoms with Crippen molar-refractivity contribution in [3.05, 3.63) is 47.3 Å². The molecule has 2 heterocycles. The predicted octanol–water partition coefficient (Wildman–Crippen LogP) is 1.93. The Kier molecular flexibility index (Phi) is 3.92. The number of anilines is 1. The van der Waals surface area contributed by atoms with Crippen molar-refractivity contribution in [1.29, 1.82) is 0 Å². The van der Waals surface area contributed by atoms with E-state index in [1.165, 1.54) is 0 Å². The van der Waals surface area contributed by atoms with Gasteiger partial charge in [-0.25, -0.2) is 4.98 Å². The highest BCUT2D eigenvalue weighted by Gasteiger charge is 2.11. The lowest BCUT2D eigenvalue weighted by molar-refractivity contribution is -0.115. The fourth-order valence-corrected chi connectivity index (χ4v) is 2.32. The van der Waals surface area contributed by atoms with E-state index < -0.39 is 0 Å². The van der Waals surface area contributed by atoms with E-state index in [9.17, 15) is 4.79 Å². The highest BCUT2D eigenvalue weighted by molar-refractivity contribution is 5.90. The average molecular weight is 311 g/mol. The Morgan fingerprint density at radius 3 is 2.65 bits per heavy atom. The second-order valence-electron chi connectivity index (χ2n) is 5.26. The standard InChI is InChI=1S/C16H17N5O2/c1-10-8-11(2)21-16(17-10)19-15(20-21)18-14(22)9-12-4-6-13(23-3)7-5-12/h4-8H,9H2,1-3H3,(H,18,20,22). The van der Waals surface area contributed by atoms with Gasteiger partial charge in [0.1, 0.15) is 5.75 Å².